The molecule has 2 unspecified atom stereocenters. The number of hydrogen-bond donors (Lipinski definition) is 1. The van der Waals surface area contributed by atoms with Crippen LogP contribution in [0, 0.1) is 0 Å². The van der Waals surface area contributed by atoms with Crippen LogP contribution in [0.4, 0.5) is 0 Å². The van der Waals surface area contributed by atoms with E-state index in [1.807, 2.05) is 6.07 Å². The minimum Gasteiger partial charge on any atom is -0.311 e. The summed E-state index contributed by atoms with van der Waals surface area (Å²) in [6, 6.07) is 6.49. The summed E-state index contributed by atoms with van der Waals surface area (Å²) in [6.45, 7) is 4.48. The van der Waals surface area contributed by atoms with Gasteiger partial charge in [0.05, 0.1) is 4.34 Å². The summed E-state index contributed by atoms with van der Waals surface area (Å²) in [5.74, 6) is 0. The summed E-state index contributed by atoms with van der Waals surface area (Å²) in [4.78, 5) is 4.03. The van der Waals surface area contributed by atoms with Crippen molar-refractivity contribution < 1.29 is 0 Å². The summed E-state index contributed by atoms with van der Waals surface area (Å²) < 4.78 is 0.909. The molecule has 2 bridgehead atoms. The maximum atomic E-state index is 6.02. The molecule has 2 nitrogen and oxygen atoms in total. The van der Waals surface area contributed by atoms with Crippen LogP contribution in [0.15, 0.2) is 12.1 Å². The number of rotatable bonds is 4. The molecule has 0 aromatic carbocycles. The van der Waals surface area contributed by atoms with Crippen molar-refractivity contribution in [3.05, 3.63) is 21.3 Å². The van der Waals surface area contributed by atoms with Gasteiger partial charge in [0.15, 0.2) is 0 Å². The number of piperidine rings is 1. The highest BCUT2D eigenvalue weighted by Gasteiger charge is 2.35. The Balaban J connectivity index is 1.65. The molecule has 2 saturated heterocycles. The van der Waals surface area contributed by atoms with E-state index in [-0.39, 0.29) is 0 Å². The van der Waals surface area contributed by atoms with Gasteiger partial charge in [-0.05, 0) is 44.4 Å². The Morgan fingerprint density at radius 1 is 1.33 bits per heavy atom. The highest BCUT2D eigenvalue weighted by molar-refractivity contribution is 7.16. The lowest BCUT2D eigenvalue weighted by Gasteiger charge is -2.37. The number of nitrogens with one attached hydrogen (secondary N) is 1. The number of thiophene rings is 1. The van der Waals surface area contributed by atoms with Crippen molar-refractivity contribution in [2.45, 2.75) is 57.3 Å². The molecule has 100 valence electrons. The van der Waals surface area contributed by atoms with Crippen LogP contribution >= 0.6 is 22.9 Å². The second kappa shape index (κ2) is 5.49. The molecule has 1 aromatic heterocycles. The monoisotopic (exact) mass is 284 g/mol. The maximum absolute atomic E-state index is 6.02. The third-order valence-corrected chi connectivity index (χ3v) is 5.57. The van der Waals surface area contributed by atoms with Gasteiger partial charge in [0, 0.05) is 29.5 Å². The Labute approximate surface area is 118 Å². The second-order valence-electron chi connectivity index (χ2n) is 5.53. The maximum Gasteiger partial charge on any atom is 0.0931 e. The fourth-order valence-electron chi connectivity index (χ4n) is 3.46. The molecule has 0 saturated carbocycles. The highest BCUT2D eigenvalue weighted by Crippen LogP contribution is 2.31. The standard InChI is InChI=1S/C14H21ClN2S/c1-2-17(9-13-5-6-14(15)18-13)12-7-10-3-4-11(8-12)16-10/h5-6,10-12,16H,2-4,7-9H2,1H3. The molecular weight excluding hydrogens is 264 g/mol. The molecule has 0 spiro atoms. The van der Waals surface area contributed by atoms with E-state index in [1.54, 1.807) is 11.3 Å². The topological polar surface area (TPSA) is 15.3 Å². The normalized spacial score (nSPS) is 31.2. The lowest BCUT2D eigenvalue weighted by molar-refractivity contribution is 0.142. The Bertz CT molecular complexity index is 394. The van der Waals surface area contributed by atoms with E-state index in [0.29, 0.717) is 0 Å². The average Bonchev–Trinajstić information content (AvgIpc) is 2.92. The first-order valence-electron chi connectivity index (χ1n) is 6.99. The van der Waals surface area contributed by atoms with Crippen LogP contribution in [-0.2, 0) is 6.54 Å². The second-order valence-corrected chi connectivity index (χ2v) is 7.33. The van der Waals surface area contributed by atoms with Gasteiger partial charge < -0.3 is 5.32 Å². The molecule has 18 heavy (non-hydrogen) atoms. The number of fused-ring (bicyclic) bond motifs is 2. The van der Waals surface area contributed by atoms with Crippen molar-refractivity contribution in [2.24, 2.45) is 0 Å². The first-order valence-corrected chi connectivity index (χ1v) is 8.18. The molecule has 1 aromatic rings. The van der Waals surface area contributed by atoms with Crippen molar-refractivity contribution in [2.75, 3.05) is 6.54 Å². The van der Waals surface area contributed by atoms with Gasteiger partial charge >= 0.3 is 0 Å². The Hall–Kier alpha value is -0.0900. The molecule has 2 fully saturated rings. The predicted octanol–water partition coefficient (Wildman–Crippen LogP) is 3.51. The van der Waals surface area contributed by atoms with E-state index in [4.69, 9.17) is 11.6 Å². The predicted molar refractivity (Wildman–Crippen MR) is 78.4 cm³/mol. The average molecular weight is 285 g/mol. The molecule has 3 heterocycles. The van der Waals surface area contributed by atoms with E-state index in [0.717, 1.165) is 35.6 Å². The highest BCUT2D eigenvalue weighted by atomic mass is 35.5. The van der Waals surface area contributed by atoms with Crippen LogP contribution in [0.2, 0.25) is 4.34 Å². The molecule has 3 rings (SSSR count). The van der Waals surface area contributed by atoms with Gasteiger partial charge in [-0.15, -0.1) is 11.3 Å². The minimum atomic E-state index is 0.759. The van der Waals surface area contributed by atoms with E-state index in [9.17, 15) is 0 Å². The first kappa shape index (κ1) is 12.9. The Morgan fingerprint density at radius 2 is 2.06 bits per heavy atom. The van der Waals surface area contributed by atoms with Gasteiger partial charge in [-0.25, -0.2) is 0 Å². The molecule has 0 radical (unpaired) electrons. The van der Waals surface area contributed by atoms with E-state index in [1.165, 1.54) is 30.6 Å². The smallest absolute Gasteiger partial charge is 0.0931 e. The quantitative estimate of drug-likeness (QED) is 0.910. The minimum absolute atomic E-state index is 0.759. The third kappa shape index (κ3) is 2.74. The lowest BCUT2D eigenvalue weighted by Crippen LogP contribution is -2.47. The lowest BCUT2D eigenvalue weighted by atomic mass is 9.98. The molecule has 0 amide bonds. The Morgan fingerprint density at radius 3 is 2.61 bits per heavy atom. The SMILES string of the molecule is CCN(Cc1ccc(Cl)s1)C1CC2CCC(C1)N2. The number of nitrogens with zero attached hydrogens (tertiary/aromatic N) is 1. The summed E-state index contributed by atoms with van der Waals surface area (Å²) in [7, 11) is 0. The van der Waals surface area contributed by atoms with Crippen LogP contribution < -0.4 is 5.32 Å². The largest absolute Gasteiger partial charge is 0.311 e. The zero-order valence-corrected chi connectivity index (χ0v) is 12.4. The van der Waals surface area contributed by atoms with E-state index in [2.05, 4.69) is 23.2 Å². The Kier molecular flexibility index (Phi) is 3.94. The molecule has 2 aliphatic heterocycles. The fraction of sp³-hybridized carbons (Fsp3) is 0.714. The number of halogens is 1. The van der Waals surface area contributed by atoms with Gasteiger partial charge in [0.1, 0.15) is 0 Å². The number of hydrogen-bond acceptors (Lipinski definition) is 3. The zero-order chi connectivity index (χ0) is 12.5. The fourth-order valence-corrected chi connectivity index (χ4v) is 4.57. The molecule has 1 N–H and O–H groups in total. The van der Waals surface area contributed by atoms with Crippen LogP contribution in [0.1, 0.15) is 37.5 Å². The van der Waals surface area contributed by atoms with E-state index >= 15 is 0 Å². The van der Waals surface area contributed by atoms with Gasteiger partial charge in [0.25, 0.3) is 0 Å². The van der Waals surface area contributed by atoms with E-state index < -0.39 is 0 Å². The van der Waals surface area contributed by atoms with Gasteiger partial charge in [-0.2, -0.15) is 0 Å². The zero-order valence-electron chi connectivity index (χ0n) is 10.9. The third-order valence-electron chi connectivity index (χ3n) is 4.36. The van der Waals surface area contributed by atoms with Gasteiger partial charge in [-0.3, -0.25) is 4.90 Å². The molecular formula is C14H21ClN2S. The van der Waals surface area contributed by atoms with Crippen molar-refractivity contribution in [3.8, 4) is 0 Å². The van der Waals surface area contributed by atoms with Crippen molar-refractivity contribution >= 4 is 22.9 Å². The summed E-state index contributed by atoms with van der Waals surface area (Å²) in [5, 5.41) is 3.72. The van der Waals surface area contributed by atoms with Crippen LogP contribution in [0.5, 0.6) is 0 Å². The summed E-state index contributed by atoms with van der Waals surface area (Å²) in [6.07, 6.45) is 5.40. The summed E-state index contributed by atoms with van der Waals surface area (Å²) >= 11 is 7.74. The summed E-state index contributed by atoms with van der Waals surface area (Å²) in [5.41, 5.74) is 0. The van der Waals surface area contributed by atoms with Crippen LogP contribution in [0.25, 0.3) is 0 Å². The van der Waals surface area contributed by atoms with Crippen LogP contribution in [-0.4, -0.2) is 29.6 Å². The van der Waals surface area contributed by atoms with Gasteiger partial charge in [0.2, 0.25) is 0 Å². The van der Waals surface area contributed by atoms with Gasteiger partial charge in [-0.1, -0.05) is 18.5 Å². The molecule has 2 aliphatic rings. The molecule has 0 aliphatic carbocycles. The molecule has 4 heteroatoms. The first-order chi connectivity index (χ1) is 8.74. The molecule has 2 atom stereocenters. The van der Waals surface area contributed by atoms with Crippen LogP contribution in [0.3, 0.4) is 0 Å². The van der Waals surface area contributed by atoms with Crippen molar-refractivity contribution in [1.29, 1.82) is 0 Å². The van der Waals surface area contributed by atoms with Crippen molar-refractivity contribution in [3.63, 3.8) is 0 Å². The van der Waals surface area contributed by atoms with Crippen molar-refractivity contribution in [1.82, 2.24) is 10.2 Å².